The van der Waals surface area contributed by atoms with Crippen LogP contribution < -0.4 is 42.0 Å². The predicted molar refractivity (Wildman–Crippen MR) is 541 cm³/mol. The molecule has 9 aromatic heterocycles. The van der Waals surface area contributed by atoms with Gasteiger partial charge in [0.25, 0.3) is 0 Å². The van der Waals surface area contributed by atoms with E-state index < -0.39 is 16.1 Å². The van der Waals surface area contributed by atoms with Crippen molar-refractivity contribution in [2.24, 2.45) is 0 Å². The molecule has 0 spiro atoms. The number of imidazole rings is 2. The van der Waals surface area contributed by atoms with E-state index in [0.29, 0.717) is 40.5 Å². The van der Waals surface area contributed by atoms with E-state index in [1.165, 1.54) is 10.8 Å². The maximum atomic E-state index is 6.10. The van der Waals surface area contributed by atoms with Crippen molar-refractivity contribution in [1.29, 1.82) is 0 Å². The summed E-state index contributed by atoms with van der Waals surface area (Å²) in [5, 5.41) is 18.0. The highest BCUT2D eigenvalue weighted by molar-refractivity contribution is 7.20. The molecule has 131 heavy (non-hydrogen) atoms. The molecule has 27 rings (SSSR count). The smallest absolute Gasteiger partial charge is 0.241 e. The summed E-state index contributed by atoms with van der Waals surface area (Å²) >= 11 is 0. The summed E-state index contributed by atoms with van der Waals surface area (Å²) in [5.41, 5.74) is 19.4. The zero-order valence-corrected chi connectivity index (χ0v) is 72.5. The molecule has 0 N–H and O–H groups in total. The SMILES string of the molecule is c1ccc([Si](c2ccccc2)(c2cccc(-n3c4ccccc4c4ccc(-c5ccc6nc7n(-c8nc(-n9c%10ccccc%10c%10ccccc%109)nc([Si](c9ccccc9)(c9ccccc9)c9cccc(-n%10c%11ccccc%11c%11ccccc%11%10)c9)n8)c8ccccc8n7c6c5)cc43)c2)c2nc(-n3c4ccccc4c4ccccc43)nc(-n3c4ccccc4c4ccccc43)n2)cc1. The van der Waals surface area contributed by atoms with Crippen molar-refractivity contribution in [1.82, 2.24) is 66.7 Å². The Balaban J connectivity index is 0.661. The number of aromatic nitrogens is 14. The summed E-state index contributed by atoms with van der Waals surface area (Å²) in [5.74, 6) is 2.65. The normalized spacial score (nSPS) is 12.3. The van der Waals surface area contributed by atoms with Crippen LogP contribution in [0.3, 0.4) is 0 Å². The Hall–Kier alpha value is -17.3. The summed E-state index contributed by atoms with van der Waals surface area (Å²) in [6, 6.07) is 163. The quantitative estimate of drug-likeness (QED) is 0.0739. The second kappa shape index (κ2) is 29.1. The fourth-order valence-electron chi connectivity index (χ4n) is 21.5. The maximum absolute atomic E-state index is 6.10. The highest BCUT2D eigenvalue weighted by atomic mass is 28.3. The Morgan fingerprint density at radius 2 is 0.420 bits per heavy atom. The first-order valence-corrected chi connectivity index (χ1v) is 48.4. The van der Waals surface area contributed by atoms with Crippen molar-refractivity contribution in [3.8, 4) is 46.3 Å². The molecule has 9 heterocycles. The summed E-state index contributed by atoms with van der Waals surface area (Å²) < 4.78 is 16.1. The molecule has 0 bridgehead atoms. The first-order chi connectivity index (χ1) is 65.0. The Kier molecular flexibility index (Phi) is 16.4. The molecule has 0 aliphatic heterocycles. The Morgan fingerprint density at radius 1 is 0.160 bits per heavy atom. The number of nitrogens with zero attached hydrogens (tertiary/aromatic N) is 14. The Labute approximate surface area is 751 Å². The molecule has 0 atom stereocenters. The molecule has 16 heteroatoms. The summed E-state index contributed by atoms with van der Waals surface area (Å²) in [6.45, 7) is 0. The van der Waals surface area contributed by atoms with Crippen LogP contribution >= 0.6 is 0 Å². The highest BCUT2D eigenvalue weighted by Crippen LogP contribution is 2.41. The standard InChI is InChI=1S/C115H74N14Si2/c1-5-37-79(38-6-1)130(80-39-7-2-8-40-80,113-119-109(125-99-59-25-16-49-87(99)88-50-17-26-60-100(88)125)117-110(120-113)126-101-61-27-18-51-89(101)90-52-19-28-62-102(90)126)84-46-34-36-78(74-84)124-98-58-24-15-55-93(98)94-69-67-75(71-107(94)124)76-68-70-95-108(72-76)128-105-65-31-32-66-106(105)129(115(128)116-95)112-118-111(127-103-63-29-20-53-91(103)92-54-21-30-64-104(92)127)121-114(122-112)131(81-41-9-3-10-42-81,82-43-11-4-12-44-82)83-45-33-35-77(73-83)123-96-56-22-13-47-85(96)86-48-14-23-57-97(86)123/h1-74H. The zero-order chi connectivity index (χ0) is 86.0. The van der Waals surface area contributed by atoms with E-state index in [0.717, 1.165) is 174 Å². The van der Waals surface area contributed by atoms with E-state index in [1.54, 1.807) is 0 Å². The average molecular weight is 1710 g/mol. The van der Waals surface area contributed by atoms with Crippen LogP contribution in [0.4, 0.5) is 0 Å². The predicted octanol–water partition coefficient (Wildman–Crippen LogP) is 20.7. The fraction of sp³-hybridized carbons (Fsp3) is 0. The lowest BCUT2D eigenvalue weighted by atomic mass is 10.0. The summed E-state index contributed by atoms with van der Waals surface area (Å²) in [4.78, 5) is 41.5. The second-order valence-electron chi connectivity index (χ2n) is 33.9. The van der Waals surface area contributed by atoms with Gasteiger partial charge >= 0.3 is 0 Å². The second-order valence-corrected chi connectivity index (χ2v) is 41.3. The number of benzene rings is 18. The summed E-state index contributed by atoms with van der Waals surface area (Å²) in [7, 11) is -7.43. The lowest BCUT2D eigenvalue weighted by Gasteiger charge is -2.33. The minimum atomic E-state index is -3.72. The van der Waals surface area contributed by atoms with Crippen LogP contribution in [0.15, 0.2) is 449 Å². The molecular formula is C115H74N14Si2. The van der Waals surface area contributed by atoms with Crippen molar-refractivity contribution in [2.75, 3.05) is 0 Å². The molecule has 0 fully saturated rings. The molecule has 0 saturated heterocycles. The van der Waals surface area contributed by atoms with Gasteiger partial charge in [0.1, 0.15) is 10.9 Å². The maximum Gasteiger partial charge on any atom is 0.241 e. The minimum Gasteiger partial charge on any atom is -0.309 e. The third kappa shape index (κ3) is 11.0. The molecule has 612 valence electrons. The average Bonchev–Trinajstić information content (AvgIpc) is 1.33. The van der Waals surface area contributed by atoms with Crippen molar-refractivity contribution < 1.29 is 0 Å². The number of para-hydroxylation sites is 11. The monoisotopic (exact) mass is 1710 g/mol. The molecular weight excluding hydrogens is 1630 g/mol. The Bertz CT molecular complexity index is 8930. The van der Waals surface area contributed by atoms with E-state index in [1.807, 2.05) is 0 Å². The molecule has 0 unspecified atom stereocenters. The van der Waals surface area contributed by atoms with E-state index in [9.17, 15) is 0 Å². The lowest BCUT2D eigenvalue weighted by Crippen LogP contribution is -2.76. The first kappa shape index (κ1) is 74.0. The van der Waals surface area contributed by atoms with Gasteiger partial charge in [0.2, 0.25) is 45.7 Å². The molecule has 14 nitrogen and oxygen atoms in total. The van der Waals surface area contributed by atoms with Gasteiger partial charge in [-0.3, -0.25) is 18.1 Å². The van der Waals surface area contributed by atoms with E-state index in [2.05, 4.69) is 481 Å². The third-order valence-corrected chi connectivity index (χ3v) is 36.1. The fourth-order valence-corrected chi connectivity index (χ4v) is 30.4. The summed E-state index contributed by atoms with van der Waals surface area (Å²) in [6.07, 6.45) is 0. The number of rotatable bonds is 15. The molecule has 27 aromatic rings. The van der Waals surface area contributed by atoms with Crippen molar-refractivity contribution in [2.45, 2.75) is 0 Å². The van der Waals surface area contributed by atoms with Crippen LogP contribution in [-0.4, -0.2) is 82.8 Å². The van der Waals surface area contributed by atoms with Crippen LogP contribution in [0.2, 0.25) is 0 Å². The lowest BCUT2D eigenvalue weighted by molar-refractivity contribution is 0.895. The van der Waals surface area contributed by atoms with E-state index in [-0.39, 0.29) is 0 Å². The van der Waals surface area contributed by atoms with Crippen LogP contribution in [0.5, 0.6) is 0 Å². The molecule has 0 aliphatic rings. The van der Waals surface area contributed by atoms with Crippen LogP contribution in [0.25, 0.3) is 183 Å². The van der Waals surface area contributed by atoms with Gasteiger partial charge in [0.15, 0.2) is 0 Å². The molecule has 0 radical (unpaired) electrons. The molecule has 0 aliphatic carbocycles. The number of hydrogen-bond acceptors (Lipinski definition) is 7. The van der Waals surface area contributed by atoms with Gasteiger partial charge in [-0.1, -0.05) is 340 Å². The molecule has 18 aromatic carbocycles. The number of fused-ring (bicyclic) bond motifs is 20. The van der Waals surface area contributed by atoms with Crippen molar-refractivity contribution in [3.05, 3.63) is 449 Å². The van der Waals surface area contributed by atoms with Crippen LogP contribution in [0, 0.1) is 0 Å². The van der Waals surface area contributed by atoms with Gasteiger partial charge in [-0.15, -0.1) is 0 Å². The van der Waals surface area contributed by atoms with Crippen LogP contribution in [-0.2, 0) is 0 Å². The Morgan fingerprint density at radius 3 is 0.763 bits per heavy atom. The third-order valence-electron chi connectivity index (χ3n) is 27.1. The van der Waals surface area contributed by atoms with Gasteiger partial charge in [-0.05, 0) is 151 Å². The molecule has 0 saturated carbocycles. The first-order valence-electron chi connectivity index (χ1n) is 44.4. The van der Waals surface area contributed by atoms with E-state index in [4.69, 9.17) is 34.9 Å². The molecule has 0 amide bonds. The van der Waals surface area contributed by atoms with Gasteiger partial charge in [-0.2, -0.15) is 9.97 Å². The zero-order valence-electron chi connectivity index (χ0n) is 70.5. The largest absolute Gasteiger partial charge is 0.309 e. The van der Waals surface area contributed by atoms with Crippen LogP contribution in [0.1, 0.15) is 0 Å². The highest BCUT2D eigenvalue weighted by Gasteiger charge is 2.48. The van der Waals surface area contributed by atoms with Gasteiger partial charge in [0, 0.05) is 65.2 Å². The van der Waals surface area contributed by atoms with Gasteiger partial charge in [-0.25, -0.2) is 29.5 Å². The number of hydrogen-bond donors (Lipinski definition) is 0. The van der Waals surface area contributed by atoms with Crippen molar-refractivity contribution in [3.63, 3.8) is 0 Å². The minimum absolute atomic E-state index is 0.437. The van der Waals surface area contributed by atoms with Gasteiger partial charge in [0.05, 0.1) is 77.2 Å². The van der Waals surface area contributed by atoms with Gasteiger partial charge < -0.3 is 9.13 Å². The van der Waals surface area contributed by atoms with E-state index >= 15 is 0 Å². The van der Waals surface area contributed by atoms with Crippen molar-refractivity contribution >= 4 is 195 Å². The topological polar surface area (TPSA) is 124 Å².